The molecule has 0 aliphatic rings. The predicted octanol–water partition coefficient (Wildman–Crippen LogP) is 4.73. The summed E-state index contributed by atoms with van der Waals surface area (Å²) < 4.78 is 45.6. The maximum absolute atomic E-state index is 12.9. The molecule has 4 aromatic rings. The minimum atomic E-state index is -4.47. The predicted molar refractivity (Wildman–Crippen MR) is 105 cm³/mol. The second-order valence-corrected chi connectivity index (χ2v) is 6.41. The highest BCUT2D eigenvalue weighted by Crippen LogP contribution is 2.32. The van der Waals surface area contributed by atoms with Crippen molar-refractivity contribution in [3.63, 3.8) is 0 Å². The highest BCUT2D eigenvalue weighted by molar-refractivity contribution is 6.04. The molecule has 0 aliphatic heterocycles. The van der Waals surface area contributed by atoms with Gasteiger partial charge in [0.05, 0.1) is 11.3 Å². The zero-order valence-electron chi connectivity index (χ0n) is 15.7. The third-order valence-electron chi connectivity index (χ3n) is 4.21. The number of nitrogens with zero attached hydrogens (tertiary/aromatic N) is 4. The molecule has 1 N–H and O–H groups in total. The van der Waals surface area contributed by atoms with E-state index in [2.05, 4.69) is 20.8 Å². The van der Waals surface area contributed by atoms with E-state index >= 15 is 0 Å². The molecule has 0 spiro atoms. The lowest BCUT2D eigenvalue weighted by Crippen LogP contribution is -2.12. The van der Waals surface area contributed by atoms with Crippen molar-refractivity contribution in [1.82, 2.24) is 20.2 Å². The number of carbonyl (C=O) groups excluding carboxylic acids is 1. The van der Waals surface area contributed by atoms with Crippen LogP contribution in [0.4, 0.5) is 18.9 Å². The molecule has 4 rings (SSSR count). The Labute approximate surface area is 174 Å². The van der Waals surface area contributed by atoms with E-state index in [1.165, 1.54) is 29.2 Å². The van der Waals surface area contributed by atoms with E-state index in [0.717, 1.165) is 12.1 Å². The molecule has 0 atom stereocenters. The van der Waals surface area contributed by atoms with Crippen molar-refractivity contribution in [3.8, 4) is 17.2 Å². The fourth-order valence-corrected chi connectivity index (χ4v) is 2.78. The van der Waals surface area contributed by atoms with Gasteiger partial charge in [0.15, 0.2) is 0 Å². The normalized spacial score (nSPS) is 11.2. The number of ether oxygens (including phenoxy) is 1. The van der Waals surface area contributed by atoms with Gasteiger partial charge < -0.3 is 10.1 Å². The van der Waals surface area contributed by atoms with Crippen LogP contribution in [0.25, 0.3) is 5.69 Å². The fraction of sp³-hybridized carbons (Fsp3) is 0.0476. The number of carbonyl (C=O) groups is 1. The smallest absolute Gasteiger partial charge is 0.416 e. The van der Waals surface area contributed by atoms with Gasteiger partial charge in [-0.25, -0.2) is 4.68 Å². The summed E-state index contributed by atoms with van der Waals surface area (Å²) in [6, 6.07) is 17.6. The van der Waals surface area contributed by atoms with Crippen LogP contribution in [0.15, 0.2) is 79.1 Å². The summed E-state index contributed by atoms with van der Waals surface area (Å²) in [5.41, 5.74) is 0.630. The second kappa shape index (κ2) is 8.27. The maximum atomic E-state index is 12.9. The van der Waals surface area contributed by atoms with E-state index < -0.39 is 17.6 Å². The third-order valence-corrected chi connectivity index (χ3v) is 4.21. The lowest BCUT2D eigenvalue weighted by Gasteiger charge is -2.11. The zero-order chi connectivity index (χ0) is 21.8. The number of hydrogen-bond acceptors (Lipinski definition) is 5. The number of halogens is 3. The molecule has 10 heteroatoms. The Hall–Kier alpha value is -4.21. The minimum Gasteiger partial charge on any atom is -0.457 e. The molecular weight excluding hydrogens is 411 g/mol. The summed E-state index contributed by atoms with van der Waals surface area (Å²) in [6.07, 6.45) is -3.05. The fourth-order valence-electron chi connectivity index (χ4n) is 2.78. The molecule has 3 aromatic carbocycles. The summed E-state index contributed by atoms with van der Waals surface area (Å²) >= 11 is 0. The Morgan fingerprint density at radius 2 is 1.68 bits per heavy atom. The average Bonchev–Trinajstić information content (AvgIpc) is 3.29. The molecule has 1 amide bonds. The van der Waals surface area contributed by atoms with Gasteiger partial charge in [-0.1, -0.05) is 18.2 Å². The van der Waals surface area contributed by atoms with Gasteiger partial charge in [-0.2, -0.15) is 13.2 Å². The van der Waals surface area contributed by atoms with E-state index in [9.17, 15) is 18.0 Å². The monoisotopic (exact) mass is 425 g/mol. The third kappa shape index (κ3) is 4.86. The van der Waals surface area contributed by atoms with Crippen LogP contribution in [0, 0.1) is 0 Å². The summed E-state index contributed by atoms with van der Waals surface area (Å²) in [4.78, 5) is 12.6. The molecular formula is C21H14F3N5O2. The molecule has 7 nitrogen and oxygen atoms in total. The van der Waals surface area contributed by atoms with Crippen LogP contribution in [-0.4, -0.2) is 26.1 Å². The van der Waals surface area contributed by atoms with Crippen LogP contribution in [0.2, 0.25) is 0 Å². The van der Waals surface area contributed by atoms with Gasteiger partial charge >= 0.3 is 6.18 Å². The molecule has 156 valence electrons. The van der Waals surface area contributed by atoms with Gasteiger partial charge in [-0.15, -0.1) is 5.10 Å². The van der Waals surface area contributed by atoms with Crippen LogP contribution in [-0.2, 0) is 6.18 Å². The summed E-state index contributed by atoms with van der Waals surface area (Å²) in [6.45, 7) is 0. The number of amides is 1. The van der Waals surface area contributed by atoms with Crippen molar-refractivity contribution in [3.05, 3.63) is 90.3 Å². The first-order chi connectivity index (χ1) is 14.9. The largest absolute Gasteiger partial charge is 0.457 e. The van der Waals surface area contributed by atoms with Crippen LogP contribution >= 0.6 is 0 Å². The minimum absolute atomic E-state index is 0.0153. The van der Waals surface area contributed by atoms with Crippen LogP contribution in [0.3, 0.4) is 0 Å². The number of aromatic nitrogens is 4. The van der Waals surface area contributed by atoms with Gasteiger partial charge in [0, 0.05) is 11.3 Å². The molecule has 1 heterocycles. The maximum Gasteiger partial charge on any atom is 0.416 e. The first-order valence-corrected chi connectivity index (χ1v) is 8.98. The Kier molecular flexibility index (Phi) is 5.35. The van der Waals surface area contributed by atoms with E-state index in [4.69, 9.17) is 4.74 Å². The van der Waals surface area contributed by atoms with Gasteiger partial charge in [0.1, 0.15) is 17.8 Å². The number of alkyl halides is 3. The van der Waals surface area contributed by atoms with Gasteiger partial charge in [0.25, 0.3) is 5.91 Å². The molecule has 31 heavy (non-hydrogen) atoms. The Balaban J connectivity index is 1.50. The molecule has 0 bridgehead atoms. The summed E-state index contributed by atoms with van der Waals surface area (Å²) in [7, 11) is 0. The molecule has 1 aromatic heterocycles. The van der Waals surface area contributed by atoms with E-state index in [-0.39, 0.29) is 17.1 Å². The first-order valence-electron chi connectivity index (χ1n) is 8.98. The number of tetrazole rings is 1. The van der Waals surface area contributed by atoms with Gasteiger partial charge in [0.2, 0.25) is 0 Å². The number of nitrogens with one attached hydrogen (secondary N) is 1. The first kappa shape index (κ1) is 20.1. The topological polar surface area (TPSA) is 81.9 Å². The van der Waals surface area contributed by atoms with Crippen molar-refractivity contribution in [1.29, 1.82) is 0 Å². The highest BCUT2D eigenvalue weighted by atomic mass is 19.4. The zero-order valence-corrected chi connectivity index (χ0v) is 15.7. The lowest BCUT2D eigenvalue weighted by atomic mass is 10.2. The standard InChI is InChI=1S/C21H14F3N5O2/c22-21(23,24)15-5-2-9-19(11-15)31-18-8-1-4-14(10-18)20(30)26-16-6-3-7-17(12-16)29-13-25-27-28-29/h1-13H,(H,26,30). The SMILES string of the molecule is O=C(Nc1cccc(-n2cnnn2)c1)c1cccc(Oc2cccc(C(F)(F)F)c2)c1. The second-order valence-electron chi connectivity index (χ2n) is 6.41. The number of benzene rings is 3. The number of anilines is 1. The molecule has 0 aliphatic carbocycles. The number of rotatable bonds is 5. The Bertz CT molecular complexity index is 1210. The Morgan fingerprint density at radius 1 is 0.935 bits per heavy atom. The molecule has 0 saturated heterocycles. The average molecular weight is 425 g/mol. The van der Waals surface area contributed by atoms with Crippen molar-refractivity contribution in [2.24, 2.45) is 0 Å². The molecule has 0 fully saturated rings. The summed E-state index contributed by atoms with van der Waals surface area (Å²) in [5.74, 6) is -0.167. The van der Waals surface area contributed by atoms with Crippen molar-refractivity contribution < 1.29 is 22.7 Å². The molecule has 0 radical (unpaired) electrons. The van der Waals surface area contributed by atoms with Crippen LogP contribution in [0.1, 0.15) is 15.9 Å². The number of hydrogen-bond donors (Lipinski definition) is 1. The summed E-state index contributed by atoms with van der Waals surface area (Å²) in [5, 5.41) is 13.7. The Morgan fingerprint density at radius 3 is 2.42 bits per heavy atom. The highest BCUT2D eigenvalue weighted by Gasteiger charge is 2.30. The van der Waals surface area contributed by atoms with E-state index in [1.807, 2.05) is 0 Å². The van der Waals surface area contributed by atoms with Crippen LogP contribution in [0.5, 0.6) is 11.5 Å². The van der Waals surface area contributed by atoms with Crippen molar-refractivity contribution >= 4 is 11.6 Å². The molecule has 0 saturated carbocycles. The van der Waals surface area contributed by atoms with Crippen molar-refractivity contribution in [2.45, 2.75) is 6.18 Å². The molecule has 0 unspecified atom stereocenters. The van der Waals surface area contributed by atoms with Crippen LogP contribution < -0.4 is 10.1 Å². The van der Waals surface area contributed by atoms with E-state index in [1.54, 1.807) is 42.5 Å². The lowest BCUT2D eigenvalue weighted by molar-refractivity contribution is -0.137. The quantitative estimate of drug-likeness (QED) is 0.500. The van der Waals surface area contributed by atoms with E-state index in [0.29, 0.717) is 11.4 Å². The van der Waals surface area contributed by atoms with Crippen molar-refractivity contribution in [2.75, 3.05) is 5.32 Å². The van der Waals surface area contributed by atoms with Gasteiger partial charge in [-0.3, -0.25) is 4.79 Å². The van der Waals surface area contributed by atoms with Gasteiger partial charge in [-0.05, 0) is 65.0 Å².